The number of Topliss-reactive ketones (excluding diaryl/α,β-unsaturated/α-hetero) is 1. The van der Waals surface area contributed by atoms with Crippen LogP contribution in [0.4, 0.5) is 4.39 Å². The maximum atomic E-state index is 13.1. The van der Waals surface area contributed by atoms with Crippen LogP contribution < -0.4 is 9.47 Å². The van der Waals surface area contributed by atoms with Crippen LogP contribution in [0.2, 0.25) is 0 Å². The predicted molar refractivity (Wildman–Crippen MR) is 77.2 cm³/mol. The third kappa shape index (κ3) is 2.99. The van der Waals surface area contributed by atoms with E-state index in [1.165, 1.54) is 32.2 Å². The zero-order valence-electron chi connectivity index (χ0n) is 10.9. The Morgan fingerprint density at radius 3 is 2.45 bits per heavy atom. The molecule has 0 unspecified atom stereocenters. The first-order valence-corrected chi connectivity index (χ1v) is 6.63. The van der Waals surface area contributed by atoms with E-state index in [1.807, 2.05) is 0 Å². The number of ether oxygens (including phenoxy) is 2. The largest absolute Gasteiger partial charge is 0.496 e. The minimum atomic E-state index is -0.373. The monoisotopic (exact) mass is 338 g/mol. The minimum Gasteiger partial charge on any atom is -0.496 e. The van der Waals surface area contributed by atoms with Crippen molar-refractivity contribution in [2.45, 2.75) is 6.92 Å². The molecule has 0 fully saturated rings. The van der Waals surface area contributed by atoms with Crippen LogP contribution >= 0.6 is 15.9 Å². The number of benzene rings is 2. The smallest absolute Gasteiger partial charge is 0.167 e. The van der Waals surface area contributed by atoms with Gasteiger partial charge in [-0.25, -0.2) is 4.39 Å². The molecular formula is C15H12BrFO3. The maximum Gasteiger partial charge on any atom is 0.167 e. The number of methoxy groups -OCH3 is 1. The van der Waals surface area contributed by atoms with Gasteiger partial charge in [-0.15, -0.1) is 0 Å². The molecule has 0 amide bonds. The highest BCUT2D eigenvalue weighted by Crippen LogP contribution is 2.35. The molecule has 2 aromatic carbocycles. The van der Waals surface area contributed by atoms with Crippen LogP contribution in [0.25, 0.3) is 0 Å². The quantitative estimate of drug-likeness (QED) is 0.764. The van der Waals surface area contributed by atoms with Crippen molar-refractivity contribution < 1.29 is 18.7 Å². The fraction of sp³-hybridized carbons (Fsp3) is 0.133. The number of carbonyl (C=O) groups excluding carboxylic acids is 1. The Morgan fingerprint density at radius 2 is 1.85 bits per heavy atom. The maximum absolute atomic E-state index is 13.1. The van der Waals surface area contributed by atoms with Crippen molar-refractivity contribution in [3.63, 3.8) is 0 Å². The fourth-order valence-corrected chi connectivity index (χ4v) is 2.22. The van der Waals surface area contributed by atoms with Crippen molar-refractivity contribution in [1.82, 2.24) is 0 Å². The average molecular weight is 339 g/mol. The van der Waals surface area contributed by atoms with Gasteiger partial charge in [0.25, 0.3) is 0 Å². The number of carbonyl (C=O) groups is 1. The highest BCUT2D eigenvalue weighted by atomic mass is 79.9. The number of rotatable bonds is 4. The summed E-state index contributed by atoms with van der Waals surface area (Å²) >= 11 is 3.22. The first-order chi connectivity index (χ1) is 9.52. The van der Waals surface area contributed by atoms with Crippen LogP contribution in [0.15, 0.2) is 40.9 Å². The molecule has 0 N–H and O–H groups in total. The van der Waals surface area contributed by atoms with Crippen molar-refractivity contribution in [3.05, 3.63) is 52.3 Å². The molecule has 0 saturated heterocycles. The Labute approximate surface area is 124 Å². The van der Waals surface area contributed by atoms with Crippen LogP contribution in [0, 0.1) is 5.82 Å². The lowest BCUT2D eigenvalue weighted by Crippen LogP contribution is -2.01. The van der Waals surface area contributed by atoms with E-state index < -0.39 is 0 Å². The van der Waals surface area contributed by atoms with Gasteiger partial charge in [0, 0.05) is 0 Å². The molecule has 0 spiro atoms. The molecule has 5 heteroatoms. The SMILES string of the molecule is COc1cccc(Oc2ccc(F)cc2Br)c1C(C)=O. The van der Waals surface area contributed by atoms with Gasteiger partial charge in [-0.3, -0.25) is 4.79 Å². The summed E-state index contributed by atoms with van der Waals surface area (Å²) in [5, 5.41) is 0. The molecule has 0 atom stereocenters. The van der Waals surface area contributed by atoms with Crippen LogP contribution in [0.3, 0.4) is 0 Å². The van der Waals surface area contributed by atoms with E-state index in [2.05, 4.69) is 15.9 Å². The molecule has 0 aliphatic rings. The summed E-state index contributed by atoms with van der Waals surface area (Å²) in [6, 6.07) is 9.13. The van der Waals surface area contributed by atoms with Crippen molar-refractivity contribution in [3.8, 4) is 17.2 Å². The molecule has 0 aliphatic carbocycles. The molecule has 0 saturated carbocycles. The third-order valence-electron chi connectivity index (χ3n) is 2.67. The summed E-state index contributed by atoms with van der Waals surface area (Å²) in [7, 11) is 1.49. The van der Waals surface area contributed by atoms with E-state index in [0.717, 1.165) is 0 Å². The second kappa shape index (κ2) is 6.05. The number of halogens is 2. The normalized spacial score (nSPS) is 10.2. The summed E-state index contributed by atoms with van der Waals surface area (Å²) in [4.78, 5) is 11.7. The lowest BCUT2D eigenvalue weighted by Gasteiger charge is -2.13. The molecule has 2 aromatic rings. The van der Waals surface area contributed by atoms with Gasteiger partial charge < -0.3 is 9.47 Å². The molecule has 0 aromatic heterocycles. The standard InChI is InChI=1S/C15H12BrFO3/c1-9(18)15-13(19-2)4-3-5-14(15)20-12-7-6-10(17)8-11(12)16/h3-8H,1-2H3. The van der Waals surface area contributed by atoms with Gasteiger partial charge in [-0.05, 0) is 53.2 Å². The molecule has 2 rings (SSSR count). The van der Waals surface area contributed by atoms with Gasteiger partial charge >= 0.3 is 0 Å². The van der Waals surface area contributed by atoms with E-state index in [1.54, 1.807) is 18.2 Å². The van der Waals surface area contributed by atoms with Crippen molar-refractivity contribution in [1.29, 1.82) is 0 Å². The lowest BCUT2D eigenvalue weighted by atomic mass is 10.1. The number of hydrogen-bond acceptors (Lipinski definition) is 3. The Morgan fingerprint density at radius 1 is 1.15 bits per heavy atom. The first-order valence-electron chi connectivity index (χ1n) is 5.83. The lowest BCUT2D eigenvalue weighted by molar-refractivity contribution is 0.101. The molecule has 3 nitrogen and oxygen atoms in total. The van der Waals surface area contributed by atoms with E-state index in [0.29, 0.717) is 27.3 Å². The van der Waals surface area contributed by atoms with Crippen LogP contribution in [0.5, 0.6) is 17.2 Å². The summed E-state index contributed by atoms with van der Waals surface area (Å²) in [6.07, 6.45) is 0. The molecule has 0 heterocycles. The third-order valence-corrected chi connectivity index (χ3v) is 3.29. The van der Waals surface area contributed by atoms with E-state index >= 15 is 0 Å². The molecule has 0 aliphatic heterocycles. The number of hydrogen-bond donors (Lipinski definition) is 0. The summed E-state index contributed by atoms with van der Waals surface area (Å²) in [5.41, 5.74) is 0.353. The molecule has 20 heavy (non-hydrogen) atoms. The average Bonchev–Trinajstić information content (AvgIpc) is 2.41. The van der Waals surface area contributed by atoms with Crippen molar-refractivity contribution in [2.24, 2.45) is 0 Å². The molecule has 0 radical (unpaired) electrons. The van der Waals surface area contributed by atoms with E-state index in [4.69, 9.17) is 9.47 Å². The van der Waals surface area contributed by atoms with Crippen LogP contribution in [-0.2, 0) is 0 Å². The summed E-state index contributed by atoms with van der Waals surface area (Å²) in [5.74, 6) is 0.678. The fourth-order valence-electron chi connectivity index (χ4n) is 1.79. The second-order valence-electron chi connectivity index (χ2n) is 4.07. The summed E-state index contributed by atoms with van der Waals surface area (Å²) in [6.45, 7) is 1.43. The molecular weight excluding hydrogens is 327 g/mol. The van der Waals surface area contributed by atoms with Gasteiger partial charge in [-0.2, -0.15) is 0 Å². The predicted octanol–water partition coefficient (Wildman–Crippen LogP) is 4.59. The highest BCUT2D eigenvalue weighted by Gasteiger charge is 2.16. The minimum absolute atomic E-state index is 0.171. The van der Waals surface area contributed by atoms with Crippen molar-refractivity contribution in [2.75, 3.05) is 7.11 Å². The number of ketones is 1. The zero-order valence-corrected chi connectivity index (χ0v) is 12.5. The highest BCUT2D eigenvalue weighted by molar-refractivity contribution is 9.10. The Balaban J connectivity index is 2.45. The van der Waals surface area contributed by atoms with E-state index in [9.17, 15) is 9.18 Å². The van der Waals surface area contributed by atoms with Gasteiger partial charge in [0.15, 0.2) is 5.78 Å². The van der Waals surface area contributed by atoms with Gasteiger partial charge in [0.1, 0.15) is 28.6 Å². The van der Waals surface area contributed by atoms with E-state index in [-0.39, 0.29) is 11.6 Å². The van der Waals surface area contributed by atoms with Crippen molar-refractivity contribution >= 4 is 21.7 Å². The van der Waals surface area contributed by atoms with Gasteiger partial charge in [0.05, 0.1) is 11.6 Å². The molecule has 0 bridgehead atoms. The zero-order chi connectivity index (χ0) is 14.7. The molecule has 104 valence electrons. The summed E-state index contributed by atoms with van der Waals surface area (Å²) < 4.78 is 24.4. The Bertz CT molecular complexity index is 656. The van der Waals surface area contributed by atoms with Gasteiger partial charge in [-0.1, -0.05) is 6.07 Å². The van der Waals surface area contributed by atoms with Crippen LogP contribution in [-0.4, -0.2) is 12.9 Å². The second-order valence-corrected chi connectivity index (χ2v) is 4.92. The Hall–Kier alpha value is -1.88. The first kappa shape index (κ1) is 14.5. The van der Waals surface area contributed by atoms with Gasteiger partial charge in [0.2, 0.25) is 0 Å². The Kier molecular flexibility index (Phi) is 4.39. The van der Waals surface area contributed by atoms with Crippen LogP contribution in [0.1, 0.15) is 17.3 Å². The topological polar surface area (TPSA) is 35.5 Å².